The van der Waals surface area contributed by atoms with Gasteiger partial charge in [-0.2, -0.15) is 0 Å². The predicted molar refractivity (Wildman–Crippen MR) is 49.8 cm³/mol. The van der Waals surface area contributed by atoms with Gasteiger partial charge in [0.15, 0.2) is 0 Å². The summed E-state index contributed by atoms with van der Waals surface area (Å²) in [5, 5.41) is 7.50. The zero-order valence-corrected chi connectivity index (χ0v) is 8.95. The standard InChI is InChI=1S/C4H4I2N2O/c1-2-7-8-4(9-2)3(5)6/h3H,1H3. The van der Waals surface area contributed by atoms with Crippen LogP contribution in [0.2, 0.25) is 0 Å². The summed E-state index contributed by atoms with van der Waals surface area (Å²) in [6.45, 7) is 1.78. The number of rotatable bonds is 1. The number of hydrogen-bond donors (Lipinski definition) is 0. The fourth-order valence-corrected chi connectivity index (χ4v) is 0.903. The lowest BCUT2D eigenvalue weighted by Crippen LogP contribution is -1.77. The Kier molecular flexibility index (Phi) is 2.68. The van der Waals surface area contributed by atoms with Crippen LogP contribution >= 0.6 is 45.2 Å². The minimum Gasteiger partial charge on any atom is -0.424 e. The maximum atomic E-state index is 5.11. The van der Waals surface area contributed by atoms with Gasteiger partial charge in [0.25, 0.3) is 0 Å². The summed E-state index contributed by atoms with van der Waals surface area (Å²) < 4.78 is 5.39. The van der Waals surface area contributed by atoms with E-state index in [4.69, 9.17) is 4.42 Å². The van der Waals surface area contributed by atoms with Crippen LogP contribution in [0.5, 0.6) is 0 Å². The lowest BCUT2D eigenvalue weighted by atomic mass is 10.8. The molecule has 0 spiro atoms. The molecule has 0 radical (unpaired) electrons. The van der Waals surface area contributed by atoms with E-state index in [0.29, 0.717) is 11.8 Å². The molecule has 1 aromatic rings. The molecule has 50 valence electrons. The van der Waals surface area contributed by atoms with Gasteiger partial charge in [-0.15, -0.1) is 10.2 Å². The van der Waals surface area contributed by atoms with E-state index in [1.807, 2.05) is 0 Å². The van der Waals surface area contributed by atoms with Crippen LogP contribution in [0, 0.1) is 6.92 Å². The largest absolute Gasteiger partial charge is 0.424 e. The van der Waals surface area contributed by atoms with Crippen LogP contribution in [0.15, 0.2) is 4.42 Å². The first kappa shape index (κ1) is 7.70. The molecule has 0 bridgehead atoms. The Balaban J connectivity index is 2.85. The van der Waals surface area contributed by atoms with E-state index in [2.05, 4.69) is 55.4 Å². The Morgan fingerprint density at radius 1 is 1.44 bits per heavy atom. The average Bonchev–Trinajstić information content (AvgIpc) is 2.14. The number of nitrogens with zero attached hydrogens (tertiary/aromatic N) is 2. The van der Waals surface area contributed by atoms with Crippen molar-refractivity contribution >= 4 is 45.2 Å². The van der Waals surface area contributed by atoms with Crippen molar-refractivity contribution in [2.75, 3.05) is 0 Å². The van der Waals surface area contributed by atoms with E-state index in [-0.39, 0.29) is 1.93 Å². The monoisotopic (exact) mass is 350 g/mol. The molecule has 0 amide bonds. The number of aromatic nitrogens is 2. The van der Waals surface area contributed by atoms with Gasteiger partial charge in [-0.3, -0.25) is 0 Å². The fraction of sp³-hybridized carbons (Fsp3) is 0.500. The molecular weight excluding hydrogens is 346 g/mol. The van der Waals surface area contributed by atoms with Gasteiger partial charge in [0.2, 0.25) is 11.8 Å². The number of alkyl halides is 2. The van der Waals surface area contributed by atoms with Crippen LogP contribution < -0.4 is 0 Å². The zero-order chi connectivity index (χ0) is 6.85. The summed E-state index contributed by atoms with van der Waals surface area (Å²) in [5.74, 6) is 1.32. The summed E-state index contributed by atoms with van der Waals surface area (Å²) in [5.41, 5.74) is 0. The fourth-order valence-electron chi connectivity index (χ4n) is 0.400. The summed E-state index contributed by atoms with van der Waals surface area (Å²) in [4.78, 5) is 0. The van der Waals surface area contributed by atoms with Crippen molar-refractivity contribution in [3.63, 3.8) is 0 Å². The summed E-state index contributed by atoms with van der Waals surface area (Å²) >= 11 is 4.42. The highest BCUT2D eigenvalue weighted by Crippen LogP contribution is 2.28. The van der Waals surface area contributed by atoms with Crippen LogP contribution in [0.1, 0.15) is 13.7 Å². The van der Waals surface area contributed by atoms with Gasteiger partial charge in [0.1, 0.15) is 1.93 Å². The van der Waals surface area contributed by atoms with Crippen LogP contribution in [0.4, 0.5) is 0 Å². The minimum absolute atomic E-state index is 0.279. The number of hydrogen-bond acceptors (Lipinski definition) is 3. The molecule has 0 aliphatic carbocycles. The van der Waals surface area contributed by atoms with Gasteiger partial charge in [0.05, 0.1) is 0 Å². The third-order valence-electron chi connectivity index (χ3n) is 0.728. The molecule has 0 aromatic carbocycles. The van der Waals surface area contributed by atoms with Gasteiger partial charge in [0, 0.05) is 6.92 Å². The maximum Gasteiger partial charge on any atom is 0.239 e. The maximum absolute atomic E-state index is 5.11. The number of aryl methyl sites for hydroxylation is 1. The molecule has 0 unspecified atom stereocenters. The molecule has 1 aromatic heterocycles. The molecule has 5 heteroatoms. The van der Waals surface area contributed by atoms with E-state index in [0.717, 1.165) is 0 Å². The molecule has 1 heterocycles. The first-order chi connectivity index (χ1) is 4.20. The highest BCUT2D eigenvalue weighted by molar-refractivity contribution is 14.2. The SMILES string of the molecule is Cc1nnc(C(I)I)o1. The van der Waals surface area contributed by atoms with Gasteiger partial charge < -0.3 is 4.42 Å². The average molecular weight is 350 g/mol. The molecule has 0 aliphatic rings. The van der Waals surface area contributed by atoms with Gasteiger partial charge >= 0.3 is 0 Å². The first-order valence-electron chi connectivity index (χ1n) is 2.28. The van der Waals surface area contributed by atoms with E-state index >= 15 is 0 Å². The minimum atomic E-state index is 0.279. The molecule has 0 aliphatic heterocycles. The van der Waals surface area contributed by atoms with Crippen molar-refractivity contribution in [2.24, 2.45) is 0 Å². The van der Waals surface area contributed by atoms with E-state index in [1.54, 1.807) is 6.92 Å². The Labute approximate surface area is 79.9 Å². The van der Waals surface area contributed by atoms with Crippen LogP contribution in [0.3, 0.4) is 0 Å². The second-order valence-corrected chi connectivity index (χ2v) is 6.33. The van der Waals surface area contributed by atoms with Crippen molar-refractivity contribution in [3.05, 3.63) is 11.8 Å². The second kappa shape index (κ2) is 3.13. The Hall–Kier alpha value is 0.600. The third kappa shape index (κ3) is 2.03. The molecule has 3 nitrogen and oxygen atoms in total. The molecule has 9 heavy (non-hydrogen) atoms. The lowest BCUT2D eigenvalue weighted by Gasteiger charge is -1.88. The molecule has 0 N–H and O–H groups in total. The van der Waals surface area contributed by atoms with Gasteiger partial charge in [-0.1, -0.05) is 45.2 Å². The van der Waals surface area contributed by atoms with Gasteiger partial charge in [-0.05, 0) is 0 Å². The second-order valence-electron chi connectivity index (χ2n) is 1.46. The van der Waals surface area contributed by atoms with E-state index in [1.165, 1.54) is 0 Å². The Morgan fingerprint density at radius 2 is 2.11 bits per heavy atom. The van der Waals surface area contributed by atoms with Gasteiger partial charge in [-0.25, -0.2) is 0 Å². The topological polar surface area (TPSA) is 38.9 Å². The quantitative estimate of drug-likeness (QED) is 0.576. The zero-order valence-electron chi connectivity index (χ0n) is 4.64. The van der Waals surface area contributed by atoms with Crippen molar-refractivity contribution < 1.29 is 4.42 Å². The first-order valence-corrected chi connectivity index (χ1v) is 4.77. The lowest BCUT2D eigenvalue weighted by molar-refractivity contribution is 0.488. The summed E-state index contributed by atoms with van der Waals surface area (Å²) in [6.07, 6.45) is 0. The van der Waals surface area contributed by atoms with Crippen molar-refractivity contribution in [2.45, 2.75) is 8.86 Å². The van der Waals surface area contributed by atoms with Crippen LogP contribution in [-0.4, -0.2) is 10.2 Å². The van der Waals surface area contributed by atoms with Crippen molar-refractivity contribution in [3.8, 4) is 0 Å². The Morgan fingerprint density at radius 3 is 2.33 bits per heavy atom. The van der Waals surface area contributed by atoms with E-state index < -0.39 is 0 Å². The Bertz CT molecular complexity index is 198. The molecule has 1 rings (SSSR count). The highest BCUT2D eigenvalue weighted by atomic mass is 127. The smallest absolute Gasteiger partial charge is 0.239 e. The third-order valence-corrected chi connectivity index (χ3v) is 1.79. The normalized spacial score (nSPS) is 10.7. The summed E-state index contributed by atoms with van der Waals surface area (Å²) in [7, 11) is 0. The molecule has 0 atom stereocenters. The van der Waals surface area contributed by atoms with Crippen LogP contribution in [0.25, 0.3) is 0 Å². The summed E-state index contributed by atoms with van der Waals surface area (Å²) in [6, 6.07) is 0. The number of halogens is 2. The van der Waals surface area contributed by atoms with Crippen molar-refractivity contribution in [1.82, 2.24) is 10.2 Å². The molecule has 0 fully saturated rings. The van der Waals surface area contributed by atoms with E-state index in [9.17, 15) is 0 Å². The predicted octanol–water partition coefficient (Wildman–Crippen LogP) is 2.25. The van der Waals surface area contributed by atoms with Crippen molar-refractivity contribution in [1.29, 1.82) is 0 Å². The molecule has 0 saturated heterocycles. The van der Waals surface area contributed by atoms with Crippen LogP contribution in [-0.2, 0) is 0 Å². The highest BCUT2D eigenvalue weighted by Gasteiger charge is 2.08. The molecular formula is C4H4I2N2O. The molecule has 0 saturated carbocycles.